The van der Waals surface area contributed by atoms with Crippen molar-refractivity contribution < 1.29 is 0 Å². The molecule has 3 rings (SSSR count). The Hall–Kier alpha value is -1.84. The van der Waals surface area contributed by atoms with Gasteiger partial charge in [-0.3, -0.25) is 0 Å². The third kappa shape index (κ3) is 2.46. The molecule has 17 heavy (non-hydrogen) atoms. The first-order valence-electron chi connectivity index (χ1n) is 6.11. The maximum Gasteiger partial charge on any atom is 0.134 e. The molecule has 0 amide bonds. The summed E-state index contributed by atoms with van der Waals surface area (Å²) in [4.78, 5) is 0. The van der Waals surface area contributed by atoms with Crippen molar-refractivity contribution in [3.05, 3.63) is 42.5 Å². The number of para-hydroxylation sites is 1. The summed E-state index contributed by atoms with van der Waals surface area (Å²) in [5.74, 6) is 1.09. The lowest BCUT2D eigenvalue weighted by Crippen LogP contribution is -2.09. The molecule has 0 saturated heterocycles. The maximum absolute atomic E-state index is 4.18. The van der Waals surface area contributed by atoms with Crippen LogP contribution in [0.3, 0.4) is 0 Å². The van der Waals surface area contributed by atoms with E-state index in [4.69, 9.17) is 0 Å². The van der Waals surface area contributed by atoms with Crippen LogP contribution in [0.5, 0.6) is 0 Å². The predicted molar refractivity (Wildman–Crippen MR) is 66.9 cm³/mol. The second-order valence-electron chi connectivity index (χ2n) is 4.43. The molecule has 4 nitrogen and oxygen atoms in total. The SMILES string of the molecule is c1ccc(NCCc2nncn2C2CC2)cc1. The number of aromatic nitrogens is 3. The Balaban J connectivity index is 1.55. The zero-order valence-electron chi connectivity index (χ0n) is 9.71. The Morgan fingerprint density at radius 3 is 2.82 bits per heavy atom. The molecule has 0 aliphatic heterocycles. The van der Waals surface area contributed by atoms with Gasteiger partial charge in [-0.2, -0.15) is 0 Å². The molecule has 0 bridgehead atoms. The smallest absolute Gasteiger partial charge is 0.134 e. The molecule has 2 aromatic rings. The van der Waals surface area contributed by atoms with Crippen molar-refractivity contribution in [1.29, 1.82) is 0 Å². The van der Waals surface area contributed by atoms with Crippen molar-refractivity contribution in [3.63, 3.8) is 0 Å². The minimum absolute atomic E-state index is 0.664. The maximum atomic E-state index is 4.18. The molecule has 0 atom stereocenters. The Kier molecular flexibility index (Phi) is 2.78. The topological polar surface area (TPSA) is 42.7 Å². The highest BCUT2D eigenvalue weighted by Crippen LogP contribution is 2.35. The van der Waals surface area contributed by atoms with Crippen molar-refractivity contribution in [2.75, 3.05) is 11.9 Å². The van der Waals surface area contributed by atoms with Crippen LogP contribution in [-0.2, 0) is 6.42 Å². The summed E-state index contributed by atoms with van der Waals surface area (Å²) in [7, 11) is 0. The summed E-state index contributed by atoms with van der Waals surface area (Å²) in [6, 6.07) is 10.9. The molecule has 4 heteroatoms. The molecule has 1 aliphatic rings. The number of hydrogen-bond donors (Lipinski definition) is 1. The summed E-state index contributed by atoms with van der Waals surface area (Å²) in [6.45, 7) is 0.898. The van der Waals surface area contributed by atoms with Crippen LogP contribution >= 0.6 is 0 Å². The number of nitrogens with one attached hydrogen (secondary N) is 1. The van der Waals surface area contributed by atoms with Crippen molar-refractivity contribution in [3.8, 4) is 0 Å². The minimum atomic E-state index is 0.664. The zero-order chi connectivity index (χ0) is 11.5. The van der Waals surface area contributed by atoms with Crippen LogP contribution in [0.15, 0.2) is 36.7 Å². The highest BCUT2D eigenvalue weighted by molar-refractivity contribution is 5.42. The van der Waals surface area contributed by atoms with Gasteiger partial charge in [-0.25, -0.2) is 0 Å². The average Bonchev–Trinajstić information content (AvgIpc) is 3.11. The number of benzene rings is 1. The predicted octanol–water partition coefficient (Wildman–Crippen LogP) is 2.27. The van der Waals surface area contributed by atoms with E-state index in [0.29, 0.717) is 6.04 Å². The summed E-state index contributed by atoms with van der Waals surface area (Å²) < 4.78 is 2.21. The van der Waals surface area contributed by atoms with Gasteiger partial charge in [0, 0.05) is 24.7 Å². The number of hydrogen-bond acceptors (Lipinski definition) is 3. The van der Waals surface area contributed by atoms with Gasteiger partial charge in [-0.15, -0.1) is 10.2 Å². The second kappa shape index (κ2) is 4.57. The molecule has 1 fully saturated rings. The first-order valence-corrected chi connectivity index (χ1v) is 6.11. The second-order valence-corrected chi connectivity index (χ2v) is 4.43. The van der Waals surface area contributed by atoms with Crippen LogP contribution in [-0.4, -0.2) is 21.3 Å². The molecule has 1 N–H and O–H groups in total. The van der Waals surface area contributed by atoms with E-state index in [1.54, 1.807) is 0 Å². The molecular formula is C13H16N4. The molecular weight excluding hydrogens is 212 g/mol. The molecule has 88 valence electrons. The van der Waals surface area contributed by atoms with Gasteiger partial charge in [-0.05, 0) is 25.0 Å². The highest BCUT2D eigenvalue weighted by atomic mass is 15.3. The normalized spacial score (nSPS) is 14.8. The van der Waals surface area contributed by atoms with Crippen LogP contribution in [0, 0.1) is 0 Å². The fraction of sp³-hybridized carbons (Fsp3) is 0.385. The lowest BCUT2D eigenvalue weighted by atomic mass is 10.3. The van der Waals surface area contributed by atoms with Gasteiger partial charge in [0.15, 0.2) is 0 Å². The van der Waals surface area contributed by atoms with E-state index >= 15 is 0 Å². The average molecular weight is 228 g/mol. The fourth-order valence-corrected chi connectivity index (χ4v) is 1.98. The third-order valence-electron chi connectivity index (χ3n) is 3.04. The van der Waals surface area contributed by atoms with E-state index in [-0.39, 0.29) is 0 Å². The van der Waals surface area contributed by atoms with E-state index in [1.807, 2.05) is 24.5 Å². The van der Waals surface area contributed by atoms with E-state index < -0.39 is 0 Å². The molecule has 0 unspecified atom stereocenters. The fourth-order valence-electron chi connectivity index (χ4n) is 1.98. The Morgan fingerprint density at radius 1 is 1.24 bits per heavy atom. The third-order valence-corrected chi connectivity index (χ3v) is 3.04. The quantitative estimate of drug-likeness (QED) is 0.853. The van der Waals surface area contributed by atoms with Crippen LogP contribution in [0.2, 0.25) is 0 Å². The minimum Gasteiger partial charge on any atom is -0.385 e. The summed E-state index contributed by atoms with van der Waals surface area (Å²) in [6.07, 6.45) is 5.33. The van der Waals surface area contributed by atoms with E-state index in [1.165, 1.54) is 12.8 Å². The largest absolute Gasteiger partial charge is 0.385 e. The first kappa shape index (κ1) is 10.3. The van der Waals surface area contributed by atoms with Crippen molar-refractivity contribution >= 4 is 5.69 Å². The molecule has 1 aromatic carbocycles. The van der Waals surface area contributed by atoms with Crippen molar-refractivity contribution in [1.82, 2.24) is 14.8 Å². The molecule has 1 aromatic heterocycles. The van der Waals surface area contributed by atoms with Gasteiger partial charge >= 0.3 is 0 Å². The van der Waals surface area contributed by atoms with Gasteiger partial charge in [0.1, 0.15) is 12.2 Å². The Bertz CT molecular complexity index is 473. The molecule has 1 heterocycles. The lowest BCUT2D eigenvalue weighted by Gasteiger charge is -2.07. The Morgan fingerprint density at radius 2 is 2.06 bits per heavy atom. The summed E-state index contributed by atoms with van der Waals surface area (Å²) in [5.41, 5.74) is 1.16. The molecule has 1 saturated carbocycles. The van der Waals surface area contributed by atoms with E-state index in [0.717, 1.165) is 24.5 Å². The monoisotopic (exact) mass is 228 g/mol. The number of rotatable bonds is 5. The molecule has 0 spiro atoms. The van der Waals surface area contributed by atoms with Gasteiger partial charge in [-0.1, -0.05) is 18.2 Å². The highest BCUT2D eigenvalue weighted by Gasteiger charge is 2.25. The van der Waals surface area contributed by atoms with Crippen molar-refractivity contribution in [2.45, 2.75) is 25.3 Å². The van der Waals surface area contributed by atoms with Gasteiger partial charge in [0.2, 0.25) is 0 Å². The van der Waals surface area contributed by atoms with Gasteiger partial charge in [0.05, 0.1) is 0 Å². The summed E-state index contributed by atoms with van der Waals surface area (Å²) in [5, 5.41) is 11.6. The van der Waals surface area contributed by atoms with E-state index in [9.17, 15) is 0 Å². The zero-order valence-corrected chi connectivity index (χ0v) is 9.71. The van der Waals surface area contributed by atoms with Gasteiger partial charge in [0.25, 0.3) is 0 Å². The van der Waals surface area contributed by atoms with Gasteiger partial charge < -0.3 is 9.88 Å². The van der Waals surface area contributed by atoms with E-state index in [2.05, 4.69) is 32.2 Å². The van der Waals surface area contributed by atoms with Crippen LogP contribution in [0.1, 0.15) is 24.7 Å². The molecule has 1 aliphatic carbocycles. The van der Waals surface area contributed by atoms with Crippen LogP contribution in [0.4, 0.5) is 5.69 Å². The standard InChI is InChI=1S/C13H16N4/c1-2-4-11(5-3-1)14-9-8-13-16-15-10-17(13)12-6-7-12/h1-5,10,12,14H,6-9H2. The lowest BCUT2D eigenvalue weighted by molar-refractivity contribution is 0.681. The summed E-state index contributed by atoms with van der Waals surface area (Å²) >= 11 is 0. The number of nitrogens with zero attached hydrogens (tertiary/aromatic N) is 3. The first-order chi connectivity index (χ1) is 8.43. The van der Waals surface area contributed by atoms with Crippen molar-refractivity contribution in [2.24, 2.45) is 0 Å². The van der Waals surface area contributed by atoms with Crippen LogP contribution in [0.25, 0.3) is 0 Å². The van der Waals surface area contributed by atoms with Crippen LogP contribution < -0.4 is 5.32 Å². The Labute approximate surface area is 101 Å². The number of anilines is 1. The molecule has 0 radical (unpaired) electrons.